The van der Waals surface area contributed by atoms with E-state index in [2.05, 4.69) is 5.32 Å². The number of aromatic nitrogens is 1. The van der Waals surface area contributed by atoms with Gasteiger partial charge in [0, 0.05) is 51.4 Å². The summed E-state index contributed by atoms with van der Waals surface area (Å²) in [6, 6.07) is 1.77. The number of rotatable bonds is 5. The van der Waals surface area contributed by atoms with Crippen molar-refractivity contribution >= 4 is 21.8 Å². The summed E-state index contributed by atoms with van der Waals surface area (Å²) in [5, 5.41) is 3.17. The van der Waals surface area contributed by atoms with Crippen LogP contribution in [0, 0.1) is 5.92 Å². The van der Waals surface area contributed by atoms with Crippen LogP contribution in [0.2, 0.25) is 0 Å². The molecule has 1 aromatic rings. The number of nitrogens with one attached hydrogen (secondary N) is 1. The van der Waals surface area contributed by atoms with E-state index in [1.807, 2.05) is 0 Å². The highest BCUT2D eigenvalue weighted by Crippen LogP contribution is 2.27. The zero-order valence-corrected chi connectivity index (χ0v) is 19.2. The first-order valence-corrected chi connectivity index (χ1v) is 13.1. The largest absolute Gasteiger partial charge is 0.353 e. The number of piperidine rings is 1. The van der Waals surface area contributed by atoms with Crippen LogP contribution < -0.4 is 5.32 Å². The van der Waals surface area contributed by atoms with Gasteiger partial charge in [0.15, 0.2) is 0 Å². The standard InChI is InChI=1S/C22H34N4O4S/c1-24-16-19(15-20(24)22(28)25-11-5-6-12-25)31(29,30)26-13-9-17(10-14-26)21(27)23-18-7-3-2-4-8-18/h15-18H,2-14H2,1H3,(H,23,27). The number of aryl methyl sites for hydroxylation is 1. The molecule has 0 atom stereocenters. The van der Waals surface area contributed by atoms with Gasteiger partial charge in [0.1, 0.15) is 10.6 Å². The summed E-state index contributed by atoms with van der Waals surface area (Å²) < 4.78 is 29.4. The van der Waals surface area contributed by atoms with Gasteiger partial charge in [0.2, 0.25) is 15.9 Å². The number of carbonyl (C=O) groups is 2. The van der Waals surface area contributed by atoms with Gasteiger partial charge in [-0.05, 0) is 44.6 Å². The van der Waals surface area contributed by atoms with E-state index < -0.39 is 10.0 Å². The summed E-state index contributed by atoms with van der Waals surface area (Å²) in [6.45, 7) is 2.11. The summed E-state index contributed by atoms with van der Waals surface area (Å²) in [5.74, 6) is -0.168. The fraction of sp³-hybridized carbons (Fsp3) is 0.727. The van der Waals surface area contributed by atoms with Gasteiger partial charge in [-0.2, -0.15) is 4.31 Å². The predicted octanol–water partition coefficient (Wildman–Crippen LogP) is 2.11. The molecule has 31 heavy (non-hydrogen) atoms. The molecule has 1 aliphatic carbocycles. The summed E-state index contributed by atoms with van der Waals surface area (Å²) in [5.41, 5.74) is 0.405. The Morgan fingerprint density at radius 3 is 2.23 bits per heavy atom. The van der Waals surface area contributed by atoms with E-state index in [9.17, 15) is 18.0 Å². The zero-order valence-electron chi connectivity index (χ0n) is 18.4. The van der Waals surface area contributed by atoms with Crippen molar-refractivity contribution in [2.45, 2.75) is 68.7 Å². The molecule has 0 unspecified atom stereocenters. The van der Waals surface area contributed by atoms with Crippen molar-refractivity contribution in [1.29, 1.82) is 0 Å². The second-order valence-corrected chi connectivity index (χ2v) is 11.1. The number of amides is 2. The molecule has 3 aliphatic rings. The van der Waals surface area contributed by atoms with Crippen molar-refractivity contribution in [1.82, 2.24) is 19.1 Å². The molecule has 0 spiro atoms. The molecular weight excluding hydrogens is 416 g/mol. The lowest BCUT2D eigenvalue weighted by atomic mass is 9.93. The zero-order chi connectivity index (χ0) is 22.0. The average Bonchev–Trinajstić information content (AvgIpc) is 3.44. The van der Waals surface area contributed by atoms with Crippen LogP contribution in [-0.4, -0.2) is 66.2 Å². The Hall–Kier alpha value is -1.87. The fourth-order valence-corrected chi connectivity index (χ4v) is 6.59. The van der Waals surface area contributed by atoms with E-state index in [1.54, 1.807) is 16.5 Å². The normalized spacial score (nSPS) is 22.0. The number of hydrogen-bond acceptors (Lipinski definition) is 4. The first-order valence-electron chi connectivity index (χ1n) is 11.6. The molecule has 3 heterocycles. The average molecular weight is 451 g/mol. The third-order valence-electron chi connectivity index (χ3n) is 7.01. The molecule has 2 aliphatic heterocycles. The van der Waals surface area contributed by atoms with Crippen molar-refractivity contribution in [3.63, 3.8) is 0 Å². The van der Waals surface area contributed by atoms with Crippen LogP contribution in [0.4, 0.5) is 0 Å². The molecule has 8 nitrogen and oxygen atoms in total. The number of nitrogens with zero attached hydrogens (tertiary/aromatic N) is 3. The number of likely N-dealkylation sites (tertiary alicyclic amines) is 1. The van der Waals surface area contributed by atoms with Gasteiger partial charge in [0.05, 0.1) is 0 Å². The SMILES string of the molecule is Cn1cc(S(=O)(=O)N2CCC(C(=O)NC3CCCCC3)CC2)cc1C(=O)N1CCCC1. The van der Waals surface area contributed by atoms with E-state index in [1.165, 1.54) is 35.8 Å². The van der Waals surface area contributed by atoms with Crippen LogP contribution in [0.1, 0.15) is 68.3 Å². The van der Waals surface area contributed by atoms with Gasteiger partial charge in [-0.1, -0.05) is 19.3 Å². The molecule has 0 radical (unpaired) electrons. The van der Waals surface area contributed by atoms with Crippen molar-refractivity contribution in [3.05, 3.63) is 18.0 Å². The second-order valence-electron chi connectivity index (χ2n) is 9.19. The lowest BCUT2D eigenvalue weighted by Crippen LogP contribution is -2.45. The fourth-order valence-electron chi connectivity index (χ4n) is 5.04. The summed E-state index contributed by atoms with van der Waals surface area (Å²) in [4.78, 5) is 27.3. The Balaban J connectivity index is 1.37. The summed E-state index contributed by atoms with van der Waals surface area (Å²) in [7, 11) is -1.97. The second kappa shape index (κ2) is 9.32. The number of carbonyl (C=O) groups excluding carboxylic acids is 2. The van der Waals surface area contributed by atoms with E-state index in [0.717, 1.165) is 38.8 Å². The molecule has 9 heteroatoms. The first kappa shape index (κ1) is 22.3. The van der Waals surface area contributed by atoms with E-state index in [0.29, 0.717) is 31.6 Å². The van der Waals surface area contributed by atoms with Crippen LogP contribution in [-0.2, 0) is 21.9 Å². The van der Waals surface area contributed by atoms with E-state index >= 15 is 0 Å². The highest BCUT2D eigenvalue weighted by atomic mass is 32.2. The summed E-state index contributed by atoms with van der Waals surface area (Å²) in [6.07, 6.45) is 10.2. The lowest BCUT2D eigenvalue weighted by molar-refractivity contribution is -0.127. The van der Waals surface area contributed by atoms with Gasteiger partial charge < -0.3 is 14.8 Å². The number of hydrogen-bond donors (Lipinski definition) is 1. The maximum Gasteiger partial charge on any atom is 0.270 e. The molecule has 172 valence electrons. The topological polar surface area (TPSA) is 91.7 Å². The molecule has 0 aromatic carbocycles. The van der Waals surface area contributed by atoms with Gasteiger partial charge >= 0.3 is 0 Å². The third kappa shape index (κ3) is 4.82. The van der Waals surface area contributed by atoms with Gasteiger partial charge in [-0.3, -0.25) is 9.59 Å². The van der Waals surface area contributed by atoms with Crippen LogP contribution in [0.25, 0.3) is 0 Å². The highest BCUT2D eigenvalue weighted by Gasteiger charge is 2.34. The minimum Gasteiger partial charge on any atom is -0.353 e. The third-order valence-corrected chi connectivity index (χ3v) is 8.87. The van der Waals surface area contributed by atoms with E-state index in [4.69, 9.17) is 0 Å². The molecular formula is C22H34N4O4S. The van der Waals surface area contributed by atoms with Crippen molar-refractivity contribution in [3.8, 4) is 0 Å². The van der Waals surface area contributed by atoms with Crippen molar-refractivity contribution in [2.75, 3.05) is 26.2 Å². The first-order chi connectivity index (χ1) is 14.9. The van der Waals surface area contributed by atoms with Crippen LogP contribution >= 0.6 is 0 Å². The van der Waals surface area contributed by atoms with E-state index in [-0.39, 0.29) is 28.7 Å². The molecule has 3 fully saturated rings. The molecule has 4 rings (SSSR count). The Morgan fingerprint density at radius 1 is 0.935 bits per heavy atom. The maximum absolute atomic E-state index is 13.2. The van der Waals surface area contributed by atoms with Crippen LogP contribution in [0.15, 0.2) is 17.2 Å². The molecule has 1 N–H and O–H groups in total. The molecule has 1 saturated carbocycles. The summed E-state index contributed by atoms with van der Waals surface area (Å²) >= 11 is 0. The van der Waals surface area contributed by atoms with Crippen molar-refractivity contribution < 1.29 is 18.0 Å². The van der Waals surface area contributed by atoms with Gasteiger partial charge in [0.25, 0.3) is 5.91 Å². The molecule has 0 bridgehead atoms. The monoisotopic (exact) mass is 450 g/mol. The van der Waals surface area contributed by atoms with Crippen LogP contribution in [0.3, 0.4) is 0 Å². The van der Waals surface area contributed by atoms with Crippen LogP contribution in [0.5, 0.6) is 0 Å². The Bertz CT molecular complexity index is 906. The Labute approximate surface area is 185 Å². The van der Waals surface area contributed by atoms with Gasteiger partial charge in [-0.15, -0.1) is 0 Å². The number of sulfonamides is 1. The molecule has 2 amide bonds. The van der Waals surface area contributed by atoms with Crippen molar-refractivity contribution in [2.24, 2.45) is 13.0 Å². The maximum atomic E-state index is 13.2. The predicted molar refractivity (Wildman–Crippen MR) is 117 cm³/mol. The highest BCUT2D eigenvalue weighted by molar-refractivity contribution is 7.89. The molecule has 2 saturated heterocycles. The lowest BCUT2D eigenvalue weighted by Gasteiger charge is -2.32. The minimum atomic E-state index is -3.69. The Kier molecular flexibility index (Phi) is 6.71. The quantitative estimate of drug-likeness (QED) is 0.744. The minimum absolute atomic E-state index is 0.0714. The van der Waals surface area contributed by atoms with Gasteiger partial charge in [-0.25, -0.2) is 8.42 Å². The Morgan fingerprint density at radius 2 is 1.58 bits per heavy atom. The molecule has 1 aromatic heterocycles. The smallest absolute Gasteiger partial charge is 0.270 e.